The van der Waals surface area contributed by atoms with Gasteiger partial charge in [-0.3, -0.25) is 0 Å². The Bertz CT molecular complexity index is 212. The molecule has 0 spiro atoms. The van der Waals surface area contributed by atoms with E-state index >= 15 is 0 Å². The van der Waals surface area contributed by atoms with Gasteiger partial charge in [0.15, 0.2) is 5.57 Å². The Morgan fingerprint density at radius 1 is 1.60 bits per heavy atom. The molecule has 0 aliphatic carbocycles. The van der Waals surface area contributed by atoms with Crippen molar-refractivity contribution in [1.29, 1.82) is 5.26 Å². The van der Waals surface area contributed by atoms with Crippen molar-refractivity contribution in [1.82, 2.24) is 0 Å². The molecule has 4 heteroatoms. The summed E-state index contributed by atoms with van der Waals surface area (Å²) in [7, 11) is 0. The quantitative estimate of drug-likeness (QED) is 0.339. The van der Waals surface area contributed by atoms with E-state index in [0.29, 0.717) is 0 Å². The van der Waals surface area contributed by atoms with Crippen LogP contribution in [0, 0.1) is 11.3 Å². The smallest absolute Gasteiger partial charge is 0.349 e. The van der Waals surface area contributed by atoms with Gasteiger partial charge in [-0.2, -0.15) is 5.26 Å². The summed E-state index contributed by atoms with van der Waals surface area (Å²) in [6.07, 6.45) is 0.162. The van der Waals surface area contributed by atoms with Crippen LogP contribution in [0.2, 0.25) is 0 Å². The van der Waals surface area contributed by atoms with Gasteiger partial charge in [0.25, 0.3) is 0 Å². The molecule has 54 valence electrons. The van der Waals surface area contributed by atoms with Gasteiger partial charge in [0.1, 0.15) is 11.8 Å². The third kappa shape index (κ3) is 1.78. The largest absolute Gasteiger partial charge is 0.511 e. The Labute approximate surface area is 58.0 Å². The van der Waals surface area contributed by atoms with Gasteiger partial charge in [-0.05, 0) is 0 Å². The number of allylic oxidation sites excluding steroid dienone is 1. The maximum absolute atomic E-state index is 10.1. The summed E-state index contributed by atoms with van der Waals surface area (Å²) in [5, 5.41) is 25.1. The number of carboxylic acids is 1. The zero-order chi connectivity index (χ0) is 8.15. The summed E-state index contributed by atoms with van der Waals surface area (Å²) < 4.78 is 0. The second-order valence-electron chi connectivity index (χ2n) is 1.59. The van der Waals surface area contributed by atoms with Crippen LogP contribution in [0.1, 0.15) is 13.3 Å². The van der Waals surface area contributed by atoms with Crippen LogP contribution in [0.4, 0.5) is 0 Å². The monoisotopic (exact) mass is 141 g/mol. The van der Waals surface area contributed by atoms with E-state index in [0.717, 1.165) is 0 Å². The van der Waals surface area contributed by atoms with Gasteiger partial charge in [0.2, 0.25) is 0 Å². The summed E-state index contributed by atoms with van der Waals surface area (Å²) in [6.45, 7) is 1.57. The number of aliphatic hydroxyl groups excluding tert-OH is 1. The molecule has 4 nitrogen and oxygen atoms in total. The van der Waals surface area contributed by atoms with Gasteiger partial charge < -0.3 is 10.2 Å². The number of carboxylic acid groups (broad SMARTS) is 1. The van der Waals surface area contributed by atoms with Crippen LogP contribution in [0.15, 0.2) is 11.3 Å². The highest BCUT2D eigenvalue weighted by atomic mass is 16.4. The standard InChI is InChI=1S/C6H7NO3/c1-2-5(8)4(3-7)6(9)10/h8H,2H2,1H3,(H,9,10). The highest BCUT2D eigenvalue weighted by Gasteiger charge is 2.10. The molecule has 0 aromatic carbocycles. The number of carbonyl (C=O) groups is 1. The topological polar surface area (TPSA) is 81.3 Å². The van der Waals surface area contributed by atoms with Crippen LogP contribution in [0.25, 0.3) is 0 Å². The van der Waals surface area contributed by atoms with E-state index in [1.54, 1.807) is 6.92 Å². The minimum atomic E-state index is -1.39. The molecule has 0 radical (unpaired) electrons. The fraction of sp³-hybridized carbons (Fsp3) is 0.333. The minimum absolute atomic E-state index is 0.162. The lowest BCUT2D eigenvalue weighted by molar-refractivity contribution is -0.132. The summed E-state index contributed by atoms with van der Waals surface area (Å²) >= 11 is 0. The zero-order valence-corrected chi connectivity index (χ0v) is 5.46. The average molecular weight is 141 g/mol. The third-order valence-electron chi connectivity index (χ3n) is 0.949. The molecular formula is C6H7NO3. The molecule has 0 bridgehead atoms. The first-order chi connectivity index (χ1) is 4.63. The van der Waals surface area contributed by atoms with E-state index in [-0.39, 0.29) is 12.2 Å². The molecule has 0 aromatic heterocycles. The number of aliphatic hydroxyl groups is 1. The second kappa shape index (κ2) is 3.51. The highest BCUT2D eigenvalue weighted by molar-refractivity contribution is 5.91. The van der Waals surface area contributed by atoms with E-state index in [2.05, 4.69) is 0 Å². The summed E-state index contributed by atoms with van der Waals surface area (Å²) in [4.78, 5) is 10.1. The van der Waals surface area contributed by atoms with Crippen LogP contribution in [0.5, 0.6) is 0 Å². The van der Waals surface area contributed by atoms with Crippen molar-refractivity contribution in [2.75, 3.05) is 0 Å². The van der Waals surface area contributed by atoms with Crippen molar-refractivity contribution >= 4 is 5.97 Å². The van der Waals surface area contributed by atoms with E-state index in [4.69, 9.17) is 15.5 Å². The van der Waals surface area contributed by atoms with Crippen LogP contribution in [-0.2, 0) is 4.79 Å². The summed E-state index contributed by atoms with van der Waals surface area (Å²) in [5.74, 6) is -1.77. The number of nitrogens with zero attached hydrogens (tertiary/aromatic N) is 1. The summed E-state index contributed by atoms with van der Waals surface area (Å²) in [5.41, 5.74) is -0.581. The Hall–Kier alpha value is -1.50. The van der Waals surface area contributed by atoms with Crippen molar-refractivity contribution in [3.63, 3.8) is 0 Å². The SMILES string of the molecule is CCC(O)=C(C#N)C(=O)O. The van der Waals surface area contributed by atoms with Gasteiger partial charge in [-0.15, -0.1) is 0 Å². The van der Waals surface area contributed by atoms with Crippen molar-refractivity contribution in [3.05, 3.63) is 11.3 Å². The predicted molar refractivity (Wildman–Crippen MR) is 33.2 cm³/mol. The number of hydrogen-bond donors (Lipinski definition) is 2. The molecule has 0 saturated heterocycles. The van der Waals surface area contributed by atoms with Crippen LogP contribution in [0.3, 0.4) is 0 Å². The Morgan fingerprint density at radius 3 is 2.20 bits per heavy atom. The van der Waals surface area contributed by atoms with Gasteiger partial charge >= 0.3 is 5.97 Å². The van der Waals surface area contributed by atoms with Crippen molar-refractivity contribution < 1.29 is 15.0 Å². The molecule has 0 fully saturated rings. The molecule has 0 heterocycles. The molecule has 0 aliphatic heterocycles. The van der Waals surface area contributed by atoms with Crippen molar-refractivity contribution in [2.45, 2.75) is 13.3 Å². The van der Waals surface area contributed by atoms with Crippen LogP contribution >= 0.6 is 0 Å². The molecule has 0 saturated carbocycles. The molecule has 2 N–H and O–H groups in total. The fourth-order valence-electron chi connectivity index (χ4n) is 0.413. The molecule has 0 unspecified atom stereocenters. The lowest BCUT2D eigenvalue weighted by Gasteiger charge is -1.93. The van der Waals surface area contributed by atoms with E-state index < -0.39 is 11.5 Å². The third-order valence-corrected chi connectivity index (χ3v) is 0.949. The van der Waals surface area contributed by atoms with Crippen molar-refractivity contribution in [3.8, 4) is 6.07 Å². The fourth-order valence-corrected chi connectivity index (χ4v) is 0.413. The number of nitriles is 1. The zero-order valence-electron chi connectivity index (χ0n) is 5.46. The number of rotatable bonds is 2. The average Bonchev–Trinajstić information content (AvgIpc) is 1.88. The van der Waals surface area contributed by atoms with Gasteiger partial charge in [0.05, 0.1) is 0 Å². The molecular weight excluding hydrogens is 134 g/mol. The van der Waals surface area contributed by atoms with Crippen molar-refractivity contribution in [2.24, 2.45) is 0 Å². The first-order valence-electron chi connectivity index (χ1n) is 2.69. The van der Waals surface area contributed by atoms with Gasteiger partial charge in [-0.1, -0.05) is 6.92 Å². The van der Waals surface area contributed by atoms with E-state index in [1.807, 2.05) is 0 Å². The lowest BCUT2D eigenvalue weighted by Crippen LogP contribution is -2.01. The highest BCUT2D eigenvalue weighted by Crippen LogP contribution is 2.03. The normalized spacial score (nSPS) is 11.6. The van der Waals surface area contributed by atoms with E-state index in [1.165, 1.54) is 6.07 Å². The number of aliphatic carboxylic acids is 1. The Balaban J connectivity index is 4.68. The van der Waals surface area contributed by atoms with Crippen LogP contribution < -0.4 is 0 Å². The molecule has 0 aliphatic rings. The maximum atomic E-state index is 10.1. The number of hydrogen-bond acceptors (Lipinski definition) is 3. The van der Waals surface area contributed by atoms with E-state index in [9.17, 15) is 4.79 Å². The minimum Gasteiger partial charge on any atom is -0.511 e. The molecule has 10 heavy (non-hydrogen) atoms. The maximum Gasteiger partial charge on any atom is 0.349 e. The van der Waals surface area contributed by atoms with Gasteiger partial charge in [0, 0.05) is 6.42 Å². The Kier molecular flexibility index (Phi) is 2.98. The first kappa shape index (κ1) is 8.50. The van der Waals surface area contributed by atoms with Gasteiger partial charge in [-0.25, -0.2) is 4.79 Å². The molecule has 0 aromatic rings. The first-order valence-corrected chi connectivity index (χ1v) is 2.69. The lowest BCUT2D eigenvalue weighted by atomic mass is 10.2. The molecule has 0 rings (SSSR count). The van der Waals surface area contributed by atoms with Crippen LogP contribution in [-0.4, -0.2) is 16.2 Å². The summed E-state index contributed by atoms with van der Waals surface area (Å²) in [6, 6.07) is 1.38. The second-order valence-corrected chi connectivity index (χ2v) is 1.59. The Morgan fingerprint density at radius 2 is 2.10 bits per heavy atom. The molecule has 0 amide bonds. The molecule has 0 atom stereocenters. The predicted octanol–water partition coefficient (Wildman–Crippen LogP) is 0.817.